The zero-order valence-corrected chi connectivity index (χ0v) is 13.7. The van der Waals surface area contributed by atoms with Crippen LogP contribution in [0.1, 0.15) is 34.6 Å². The number of ether oxygens (including phenoxy) is 1. The number of furan rings is 1. The van der Waals surface area contributed by atoms with Crippen molar-refractivity contribution in [3.63, 3.8) is 0 Å². The third-order valence-corrected chi connectivity index (χ3v) is 4.13. The quantitative estimate of drug-likeness (QED) is 0.909. The number of H-pyrrole nitrogens is 1. The van der Waals surface area contributed by atoms with Gasteiger partial charge in [0.2, 0.25) is 0 Å². The maximum atomic E-state index is 12.4. The van der Waals surface area contributed by atoms with Crippen LogP contribution in [0.4, 0.5) is 4.79 Å². The molecule has 1 unspecified atom stereocenters. The van der Waals surface area contributed by atoms with Crippen molar-refractivity contribution in [1.29, 1.82) is 0 Å². The average Bonchev–Trinajstić information content (AvgIpc) is 3.12. The maximum Gasteiger partial charge on any atom is 0.317 e. The number of rotatable bonds is 3. The predicted octanol–water partition coefficient (Wildman–Crippen LogP) is 2.21. The summed E-state index contributed by atoms with van der Waals surface area (Å²) < 4.78 is 11.3. The summed E-state index contributed by atoms with van der Waals surface area (Å²) in [7, 11) is 0. The fraction of sp³-hybridized carbons (Fsp3) is 0.500. The van der Waals surface area contributed by atoms with Gasteiger partial charge in [0.05, 0.1) is 18.8 Å². The average molecular weight is 318 g/mol. The molecule has 2 aromatic rings. The molecule has 3 rings (SSSR count). The Morgan fingerprint density at radius 1 is 1.43 bits per heavy atom. The molecule has 0 aromatic carbocycles. The lowest BCUT2D eigenvalue weighted by molar-refractivity contribution is -0.0263. The van der Waals surface area contributed by atoms with Crippen LogP contribution >= 0.6 is 0 Å². The van der Waals surface area contributed by atoms with Crippen molar-refractivity contribution in [3.05, 3.63) is 40.6 Å². The van der Waals surface area contributed by atoms with Crippen molar-refractivity contribution in [1.82, 2.24) is 20.4 Å². The van der Waals surface area contributed by atoms with E-state index in [0.29, 0.717) is 26.2 Å². The van der Waals surface area contributed by atoms with Crippen LogP contribution in [0.2, 0.25) is 0 Å². The molecule has 0 aliphatic carbocycles. The lowest BCUT2D eigenvalue weighted by Gasteiger charge is -2.32. The number of nitrogens with one attached hydrogen (secondary N) is 2. The van der Waals surface area contributed by atoms with Gasteiger partial charge in [-0.3, -0.25) is 5.10 Å². The first-order chi connectivity index (χ1) is 11.0. The number of hydrogen-bond donors (Lipinski definition) is 2. The van der Waals surface area contributed by atoms with E-state index in [2.05, 4.69) is 15.5 Å². The van der Waals surface area contributed by atoms with E-state index in [1.165, 1.54) is 0 Å². The Labute approximate surface area is 135 Å². The molecule has 7 heteroatoms. The van der Waals surface area contributed by atoms with Crippen LogP contribution in [-0.4, -0.2) is 40.8 Å². The lowest BCUT2D eigenvalue weighted by atomic mass is 10.2. The summed E-state index contributed by atoms with van der Waals surface area (Å²) in [6.45, 7) is 7.80. The molecule has 3 heterocycles. The van der Waals surface area contributed by atoms with Crippen molar-refractivity contribution in [2.24, 2.45) is 0 Å². The van der Waals surface area contributed by atoms with Crippen molar-refractivity contribution in [2.75, 3.05) is 19.7 Å². The molecule has 2 aromatic heterocycles. The van der Waals surface area contributed by atoms with Gasteiger partial charge in [-0.25, -0.2) is 4.79 Å². The summed E-state index contributed by atoms with van der Waals surface area (Å²) in [4.78, 5) is 14.2. The zero-order valence-electron chi connectivity index (χ0n) is 13.7. The number of morpholine rings is 1. The highest BCUT2D eigenvalue weighted by Crippen LogP contribution is 2.24. The third-order valence-electron chi connectivity index (χ3n) is 4.13. The normalized spacial score (nSPS) is 18.2. The second kappa shape index (κ2) is 6.45. The number of nitrogens with zero attached hydrogens (tertiary/aromatic N) is 2. The summed E-state index contributed by atoms with van der Waals surface area (Å²) in [5.41, 5.74) is 2.92. The van der Waals surface area contributed by atoms with Crippen molar-refractivity contribution >= 4 is 6.03 Å². The molecular weight excluding hydrogens is 296 g/mol. The Kier molecular flexibility index (Phi) is 4.38. The summed E-state index contributed by atoms with van der Waals surface area (Å²) in [6.07, 6.45) is -0.208. The van der Waals surface area contributed by atoms with Crippen LogP contribution in [0.3, 0.4) is 0 Å². The summed E-state index contributed by atoms with van der Waals surface area (Å²) in [5.74, 6) is 1.61. The highest BCUT2D eigenvalue weighted by Gasteiger charge is 2.27. The second-order valence-corrected chi connectivity index (χ2v) is 5.83. The predicted molar refractivity (Wildman–Crippen MR) is 84.0 cm³/mol. The summed E-state index contributed by atoms with van der Waals surface area (Å²) in [6, 6.07) is 3.71. The monoisotopic (exact) mass is 318 g/mol. The van der Waals surface area contributed by atoms with Crippen molar-refractivity contribution in [3.8, 4) is 0 Å². The van der Waals surface area contributed by atoms with Gasteiger partial charge >= 0.3 is 6.03 Å². The third kappa shape index (κ3) is 3.39. The van der Waals surface area contributed by atoms with Crippen molar-refractivity contribution in [2.45, 2.75) is 33.4 Å². The number of hydrogen-bond acceptors (Lipinski definition) is 4. The van der Waals surface area contributed by atoms with E-state index in [4.69, 9.17) is 9.15 Å². The fourth-order valence-corrected chi connectivity index (χ4v) is 2.74. The van der Waals surface area contributed by atoms with Gasteiger partial charge in [0.1, 0.15) is 17.6 Å². The molecule has 1 saturated heterocycles. The van der Waals surface area contributed by atoms with E-state index in [1.807, 2.05) is 32.9 Å². The van der Waals surface area contributed by atoms with Gasteiger partial charge < -0.3 is 19.4 Å². The van der Waals surface area contributed by atoms with Gasteiger partial charge in [-0.2, -0.15) is 5.10 Å². The number of aromatic amines is 1. The van der Waals surface area contributed by atoms with Crippen molar-refractivity contribution < 1.29 is 13.9 Å². The van der Waals surface area contributed by atoms with E-state index < -0.39 is 0 Å². The summed E-state index contributed by atoms with van der Waals surface area (Å²) >= 11 is 0. The topological polar surface area (TPSA) is 83.4 Å². The molecule has 124 valence electrons. The first-order valence-electron chi connectivity index (χ1n) is 7.75. The highest BCUT2D eigenvalue weighted by molar-refractivity contribution is 5.74. The number of carbonyl (C=O) groups excluding carboxylic acids is 1. The lowest BCUT2D eigenvalue weighted by Crippen LogP contribution is -2.47. The number of aryl methyl sites for hydroxylation is 3. The SMILES string of the molecule is Cc1ccc(C2CN(C(=O)NCc3c(C)n[nH]c3C)CCO2)o1. The van der Waals surface area contributed by atoms with E-state index in [-0.39, 0.29) is 12.1 Å². The Morgan fingerprint density at radius 2 is 2.26 bits per heavy atom. The van der Waals surface area contributed by atoms with Gasteiger partial charge in [0.25, 0.3) is 0 Å². The molecular formula is C16H22N4O3. The molecule has 0 radical (unpaired) electrons. The largest absolute Gasteiger partial charge is 0.464 e. The van der Waals surface area contributed by atoms with E-state index >= 15 is 0 Å². The van der Waals surface area contributed by atoms with Gasteiger partial charge in [-0.15, -0.1) is 0 Å². The first-order valence-corrected chi connectivity index (χ1v) is 7.75. The van der Waals surface area contributed by atoms with E-state index in [1.54, 1.807) is 4.90 Å². The fourth-order valence-electron chi connectivity index (χ4n) is 2.74. The van der Waals surface area contributed by atoms with Crippen LogP contribution in [-0.2, 0) is 11.3 Å². The minimum Gasteiger partial charge on any atom is -0.464 e. The van der Waals surface area contributed by atoms with E-state index in [0.717, 1.165) is 28.5 Å². The van der Waals surface area contributed by atoms with Gasteiger partial charge in [-0.05, 0) is 32.9 Å². The molecule has 1 fully saturated rings. The van der Waals surface area contributed by atoms with Crippen LogP contribution in [0.25, 0.3) is 0 Å². The molecule has 1 aliphatic rings. The molecule has 1 atom stereocenters. The minimum absolute atomic E-state index is 0.0958. The summed E-state index contributed by atoms with van der Waals surface area (Å²) in [5, 5.41) is 10.0. The molecule has 23 heavy (non-hydrogen) atoms. The molecule has 0 saturated carbocycles. The number of urea groups is 1. The Balaban J connectivity index is 1.59. The maximum absolute atomic E-state index is 12.4. The molecule has 2 amide bonds. The van der Waals surface area contributed by atoms with Crippen LogP contribution < -0.4 is 5.32 Å². The Hall–Kier alpha value is -2.28. The highest BCUT2D eigenvalue weighted by atomic mass is 16.5. The number of carbonyl (C=O) groups is 1. The standard InChI is InChI=1S/C16H22N4O3/c1-10-4-5-14(23-10)15-9-20(6-7-22-15)16(21)17-8-13-11(2)18-19-12(13)3/h4-5,15H,6-9H2,1-3H3,(H,17,21)(H,18,19). The van der Waals surface area contributed by atoms with Crippen LogP contribution in [0, 0.1) is 20.8 Å². The molecule has 0 spiro atoms. The van der Waals surface area contributed by atoms with Crippen LogP contribution in [0.15, 0.2) is 16.5 Å². The molecule has 1 aliphatic heterocycles. The molecule has 0 bridgehead atoms. The van der Waals surface area contributed by atoms with Gasteiger partial charge in [0, 0.05) is 24.3 Å². The minimum atomic E-state index is -0.208. The number of amides is 2. The van der Waals surface area contributed by atoms with Gasteiger partial charge in [-0.1, -0.05) is 0 Å². The number of aromatic nitrogens is 2. The Bertz CT molecular complexity index is 672. The zero-order chi connectivity index (χ0) is 16.4. The first kappa shape index (κ1) is 15.6. The van der Waals surface area contributed by atoms with Gasteiger partial charge in [0.15, 0.2) is 0 Å². The Morgan fingerprint density at radius 3 is 2.91 bits per heavy atom. The van der Waals surface area contributed by atoms with E-state index in [9.17, 15) is 4.79 Å². The smallest absolute Gasteiger partial charge is 0.317 e. The second-order valence-electron chi connectivity index (χ2n) is 5.83. The van der Waals surface area contributed by atoms with Crippen LogP contribution in [0.5, 0.6) is 0 Å². The molecule has 2 N–H and O–H groups in total. The molecule has 7 nitrogen and oxygen atoms in total.